The molecule has 1 fully saturated rings. The average molecular weight is 235 g/mol. The van der Waals surface area contributed by atoms with E-state index in [4.69, 9.17) is 0 Å². The van der Waals surface area contributed by atoms with Crippen LogP contribution in [0.15, 0.2) is 6.20 Å². The summed E-state index contributed by atoms with van der Waals surface area (Å²) >= 11 is 0. The van der Waals surface area contributed by atoms with E-state index in [2.05, 4.69) is 21.8 Å². The summed E-state index contributed by atoms with van der Waals surface area (Å²) in [5.41, 5.74) is 0.840. The zero-order valence-electron chi connectivity index (χ0n) is 10.7. The van der Waals surface area contributed by atoms with E-state index in [1.54, 1.807) is 6.20 Å². The molecule has 2 rings (SSSR count). The number of aromatic nitrogens is 2. The Kier molecular flexibility index (Phi) is 3.94. The molecule has 0 bridgehead atoms. The van der Waals surface area contributed by atoms with Crippen LogP contribution in [0, 0.1) is 12.8 Å². The highest BCUT2D eigenvalue weighted by atomic mass is 16.3. The monoisotopic (exact) mass is 235 g/mol. The van der Waals surface area contributed by atoms with Crippen LogP contribution in [-0.4, -0.2) is 28.2 Å². The molecule has 17 heavy (non-hydrogen) atoms. The van der Waals surface area contributed by atoms with Crippen molar-refractivity contribution < 1.29 is 5.11 Å². The molecular formula is C13H21N3O. The Balaban J connectivity index is 2.22. The molecule has 1 aliphatic rings. The van der Waals surface area contributed by atoms with Crippen LogP contribution in [0.25, 0.3) is 0 Å². The van der Waals surface area contributed by atoms with Crippen molar-refractivity contribution >= 4 is 5.82 Å². The van der Waals surface area contributed by atoms with E-state index in [9.17, 15) is 5.11 Å². The zero-order valence-corrected chi connectivity index (χ0v) is 10.7. The topological polar surface area (TPSA) is 49.2 Å². The first-order chi connectivity index (χ1) is 8.24. The van der Waals surface area contributed by atoms with Gasteiger partial charge in [0.05, 0.1) is 6.61 Å². The van der Waals surface area contributed by atoms with E-state index in [0.717, 1.165) is 36.2 Å². The quantitative estimate of drug-likeness (QED) is 0.869. The second-order valence-electron chi connectivity index (χ2n) is 4.79. The highest BCUT2D eigenvalue weighted by Crippen LogP contribution is 2.25. The Bertz CT molecular complexity index is 381. The summed E-state index contributed by atoms with van der Waals surface area (Å²) in [6.07, 6.45) is 5.49. The van der Waals surface area contributed by atoms with Crippen molar-refractivity contribution in [1.29, 1.82) is 0 Å². The molecule has 0 aliphatic carbocycles. The Hall–Kier alpha value is -1.16. The maximum absolute atomic E-state index is 9.36. The first-order valence-corrected chi connectivity index (χ1v) is 6.43. The van der Waals surface area contributed by atoms with Crippen LogP contribution >= 0.6 is 0 Å². The van der Waals surface area contributed by atoms with Crippen molar-refractivity contribution in [3.8, 4) is 0 Å². The Morgan fingerprint density at radius 3 is 3.06 bits per heavy atom. The first-order valence-electron chi connectivity index (χ1n) is 6.43. The van der Waals surface area contributed by atoms with Crippen molar-refractivity contribution in [3.63, 3.8) is 0 Å². The van der Waals surface area contributed by atoms with E-state index < -0.39 is 0 Å². The molecule has 1 aliphatic heterocycles. The van der Waals surface area contributed by atoms with Crippen molar-refractivity contribution in [2.45, 2.75) is 39.7 Å². The number of rotatable bonds is 3. The van der Waals surface area contributed by atoms with Crippen molar-refractivity contribution in [2.75, 3.05) is 18.0 Å². The molecule has 1 atom stereocenters. The van der Waals surface area contributed by atoms with Gasteiger partial charge in [-0.25, -0.2) is 9.97 Å². The standard InChI is InChI=1S/C13H21N3O/c1-3-11-5-4-6-16(8-11)13-12(9-17)7-14-10(2)15-13/h7,11,17H,3-6,8-9H2,1-2H3. The molecule has 2 heterocycles. The molecule has 1 aromatic heterocycles. The minimum absolute atomic E-state index is 0.0168. The van der Waals surface area contributed by atoms with E-state index in [1.807, 2.05) is 6.92 Å². The van der Waals surface area contributed by atoms with Gasteiger partial charge in [-0.15, -0.1) is 0 Å². The maximum Gasteiger partial charge on any atom is 0.137 e. The third-order valence-electron chi connectivity index (χ3n) is 3.53. The van der Waals surface area contributed by atoms with Gasteiger partial charge < -0.3 is 10.0 Å². The van der Waals surface area contributed by atoms with Gasteiger partial charge in [-0.05, 0) is 25.7 Å². The minimum atomic E-state index is 0.0168. The molecule has 0 aromatic carbocycles. The summed E-state index contributed by atoms with van der Waals surface area (Å²) < 4.78 is 0. The largest absolute Gasteiger partial charge is 0.391 e. The molecule has 4 heteroatoms. The van der Waals surface area contributed by atoms with Gasteiger partial charge in [-0.3, -0.25) is 0 Å². The molecule has 0 radical (unpaired) electrons. The summed E-state index contributed by atoms with van der Waals surface area (Å²) in [6, 6.07) is 0. The zero-order chi connectivity index (χ0) is 12.3. The van der Waals surface area contributed by atoms with E-state index in [-0.39, 0.29) is 6.61 Å². The number of hydrogen-bond donors (Lipinski definition) is 1. The van der Waals surface area contributed by atoms with Gasteiger partial charge in [-0.2, -0.15) is 0 Å². The van der Waals surface area contributed by atoms with E-state index in [1.165, 1.54) is 19.3 Å². The number of aliphatic hydroxyl groups is 1. The number of aliphatic hydroxyl groups excluding tert-OH is 1. The average Bonchev–Trinajstić information content (AvgIpc) is 2.39. The molecule has 1 saturated heterocycles. The molecule has 0 saturated carbocycles. The van der Waals surface area contributed by atoms with Crippen molar-refractivity contribution in [1.82, 2.24) is 9.97 Å². The Morgan fingerprint density at radius 1 is 1.53 bits per heavy atom. The van der Waals surface area contributed by atoms with E-state index in [0.29, 0.717) is 0 Å². The normalized spacial score (nSPS) is 20.6. The van der Waals surface area contributed by atoms with Crippen LogP contribution in [0.3, 0.4) is 0 Å². The predicted octanol–water partition coefficient (Wildman–Crippen LogP) is 1.90. The van der Waals surface area contributed by atoms with E-state index >= 15 is 0 Å². The fourth-order valence-electron chi connectivity index (χ4n) is 2.46. The Morgan fingerprint density at radius 2 is 2.35 bits per heavy atom. The minimum Gasteiger partial charge on any atom is -0.391 e. The third-order valence-corrected chi connectivity index (χ3v) is 3.53. The lowest BCUT2D eigenvalue weighted by molar-refractivity contribution is 0.280. The molecule has 1 unspecified atom stereocenters. The molecular weight excluding hydrogens is 214 g/mol. The molecule has 0 amide bonds. The molecule has 1 aromatic rings. The third kappa shape index (κ3) is 2.75. The smallest absolute Gasteiger partial charge is 0.137 e. The lowest BCUT2D eigenvalue weighted by Gasteiger charge is -2.34. The van der Waals surface area contributed by atoms with Gasteiger partial charge in [0.1, 0.15) is 11.6 Å². The molecule has 94 valence electrons. The van der Waals surface area contributed by atoms with Crippen molar-refractivity contribution in [2.24, 2.45) is 5.92 Å². The van der Waals surface area contributed by atoms with Crippen LogP contribution in [-0.2, 0) is 6.61 Å². The SMILES string of the molecule is CCC1CCCN(c2nc(C)ncc2CO)C1. The molecule has 4 nitrogen and oxygen atoms in total. The van der Waals surface area contributed by atoms with Crippen LogP contribution in [0.5, 0.6) is 0 Å². The predicted molar refractivity (Wildman–Crippen MR) is 67.9 cm³/mol. The highest BCUT2D eigenvalue weighted by Gasteiger charge is 2.21. The lowest BCUT2D eigenvalue weighted by atomic mass is 9.95. The van der Waals surface area contributed by atoms with Crippen LogP contribution in [0.2, 0.25) is 0 Å². The second-order valence-corrected chi connectivity index (χ2v) is 4.79. The van der Waals surface area contributed by atoms with Crippen LogP contribution in [0.4, 0.5) is 5.82 Å². The fraction of sp³-hybridized carbons (Fsp3) is 0.692. The lowest BCUT2D eigenvalue weighted by Crippen LogP contribution is -2.36. The summed E-state index contributed by atoms with van der Waals surface area (Å²) in [7, 11) is 0. The molecule has 0 spiro atoms. The second kappa shape index (κ2) is 5.45. The number of aryl methyl sites for hydroxylation is 1. The van der Waals surface area contributed by atoms with Crippen molar-refractivity contribution in [3.05, 3.63) is 17.6 Å². The van der Waals surface area contributed by atoms with Crippen LogP contribution in [0.1, 0.15) is 37.6 Å². The number of piperidine rings is 1. The van der Waals surface area contributed by atoms with Gasteiger partial charge in [0.2, 0.25) is 0 Å². The highest BCUT2D eigenvalue weighted by molar-refractivity contribution is 5.46. The van der Waals surface area contributed by atoms with Crippen LogP contribution < -0.4 is 4.90 Å². The van der Waals surface area contributed by atoms with Gasteiger partial charge in [0.25, 0.3) is 0 Å². The number of hydrogen-bond acceptors (Lipinski definition) is 4. The fourth-order valence-corrected chi connectivity index (χ4v) is 2.46. The van der Waals surface area contributed by atoms with Gasteiger partial charge in [-0.1, -0.05) is 13.3 Å². The van der Waals surface area contributed by atoms with Gasteiger partial charge >= 0.3 is 0 Å². The number of anilines is 1. The summed E-state index contributed by atoms with van der Waals surface area (Å²) in [6.45, 7) is 6.25. The Labute approximate surface area is 103 Å². The molecule has 1 N–H and O–H groups in total. The van der Waals surface area contributed by atoms with Gasteiger partial charge in [0.15, 0.2) is 0 Å². The first kappa shape index (κ1) is 12.3. The summed E-state index contributed by atoms with van der Waals surface area (Å²) in [5.74, 6) is 2.46. The number of nitrogens with zero attached hydrogens (tertiary/aromatic N) is 3. The maximum atomic E-state index is 9.36. The van der Waals surface area contributed by atoms with Gasteiger partial charge in [0, 0.05) is 24.8 Å². The summed E-state index contributed by atoms with van der Waals surface area (Å²) in [5, 5.41) is 9.36. The summed E-state index contributed by atoms with van der Waals surface area (Å²) in [4.78, 5) is 10.9.